The fourth-order valence-corrected chi connectivity index (χ4v) is 3.82. The quantitative estimate of drug-likeness (QED) is 0.769. The number of fused-ring (bicyclic) bond motifs is 1. The number of benzene rings is 1. The topological polar surface area (TPSA) is 81.8 Å². The first-order chi connectivity index (χ1) is 13.0. The second-order valence-electron chi connectivity index (χ2n) is 7.15. The van der Waals surface area contributed by atoms with Crippen LogP contribution in [-0.4, -0.2) is 31.5 Å². The maximum absolute atomic E-state index is 13.0. The highest BCUT2D eigenvalue weighted by Gasteiger charge is 2.21. The Hall–Kier alpha value is -2.96. The van der Waals surface area contributed by atoms with Gasteiger partial charge in [0.1, 0.15) is 12.1 Å². The monoisotopic (exact) mass is 365 g/mol. The molecule has 2 aromatic heterocycles. The Morgan fingerprint density at radius 1 is 1.15 bits per heavy atom. The van der Waals surface area contributed by atoms with Crippen molar-refractivity contribution in [2.75, 3.05) is 0 Å². The predicted octanol–water partition coefficient (Wildman–Crippen LogP) is 2.26. The molecule has 0 atom stereocenters. The molecule has 2 heterocycles. The van der Waals surface area contributed by atoms with Gasteiger partial charge in [0.05, 0.1) is 22.5 Å². The van der Waals surface area contributed by atoms with Crippen LogP contribution in [0.3, 0.4) is 0 Å². The molecule has 1 fully saturated rings. The molecule has 7 nitrogen and oxygen atoms in total. The first-order valence-electron chi connectivity index (χ1n) is 9.36. The molecular weight excluding hydrogens is 342 g/mol. The lowest BCUT2D eigenvalue weighted by atomic mass is 10.2. The SMILES string of the molecule is Cc1nn(CC(=O)NC2CCCC2)c(=O)c2c(C)n(-c3ccccc3)nc12. The Balaban J connectivity index is 1.71. The van der Waals surface area contributed by atoms with Crippen LogP contribution in [0.5, 0.6) is 0 Å². The number of aryl methyl sites for hydroxylation is 2. The zero-order chi connectivity index (χ0) is 19.0. The minimum atomic E-state index is -0.281. The van der Waals surface area contributed by atoms with E-state index in [1.807, 2.05) is 44.2 Å². The summed E-state index contributed by atoms with van der Waals surface area (Å²) >= 11 is 0. The lowest BCUT2D eigenvalue weighted by Gasteiger charge is -2.12. The number of nitrogens with one attached hydrogen (secondary N) is 1. The molecule has 1 amide bonds. The van der Waals surface area contributed by atoms with Crippen molar-refractivity contribution in [3.8, 4) is 5.69 Å². The maximum Gasteiger partial charge on any atom is 0.278 e. The van der Waals surface area contributed by atoms with Crippen LogP contribution in [0.25, 0.3) is 16.6 Å². The fourth-order valence-electron chi connectivity index (χ4n) is 3.82. The number of carbonyl (C=O) groups is 1. The van der Waals surface area contributed by atoms with Crippen molar-refractivity contribution in [1.82, 2.24) is 24.9 Å². The van der Waals surface area contributed by atoms with E-state index in [0.29, 0.717) is 16.6 Å². The molecule has 4 rings (SSSR count). The molecule has 140 valence electrons. The zero-order valence-corrected chi connectivity index (χ0v) is 15.6. The van der Waals surface area contributed by atoms with Gasteiger partial charge in [0, 0.05) is 6.04 Å². The van der Waals surface area contributed by atoms with Crippen molar-refractivity contribution in [1.29, 1.82) is 0 Å². The average Bonchev–Trinajstić information content (AvgIpc) is 3.28. The van der Waals surface area contributed by atoms with E-state index in [9.17, 15) is 9.59 Å². The van der Waals surface area contributed by atoms with Gasteiger partial charge in [-0.15, -0.1) is 0 Å². The first kappa shape index (κ1) is 17.5. The molecule has 0 unspecified atom stereocenters. The van der Waals surface area contributed by atoms with Gasteiger partial charge in [0.25, 0.3) is 5.56 Å². The van der Waals surface area contributed by atoms with Gasteiger partial charge >= 0.3 is 0 Å². The number of amides is 1. The van der Waals surface area contributed by atoms with E-state index < -0.39 is 0 Å². The summed E-state index contributed by atoms with van der Waals surface area (Å²) in [6, 6.07) is 9.89. The molecular formula is C20H23N5O2. The van der Waals surface area contributed by atoms with Gasteiger partial charge in [0.15, 0.2) is 0 Å². The molecule has 0 spiro atoms. The highest BCUT2D eigenvalue weighted by Crippen LogP contribution is 2.20. The molecule has 0 radical (unpaired) electrons. The Labute approximate surface area is 157 Å². The van der Waals surface area contributed by atoms with Gasteiger partial charge in [-0.25, -0.2) is 9.36 Å². The van der Waals surface area contributed by atoms with Gasteiger partial charge < -0.3 is 5.32 Å². The number of hydrogen-bond acceptors (Lipinski definition) is 4. The summed E-state index contributed by atoms with van der Waals surface area (Å²) in [7, 11) is 0. The molecule has 1 N–H and O–H groups in total. The van der Waals surface area contributed by atoms with Gasteiger partial charge in [0.2, 0.25) is 5.91 Å². The third kappa shape index (κ3) is 3.25. The number of para-hydroxylation sites is 1. The lowest BCUT2D eigenvalue weighted by Crippen LogP contribution is -2.38. The van der Waals surface area contributed by atoms with Crippen LogP contribution in [0.1, 0.15) is 37.1 Å². The smallest absolute Gasteiger partial charge is 0.278 e. The van der Waals surface area contributed by atoms with E-state index in [0.717, 1.165) is 37.1 Å². The third-order valence-corrected chi connectivity index (χ3v) is 5.19. The van der Waals surface area contributed by atoms with E-state index in [1.165, 1.54) is 4.68 Å². The summed E-state index contributed by atoms with van der Waals surface area (Å²) in [5.41, 5.74) is 2.56. The summed E-state index contributed by atoms with van der Waals surface area (Å²) in [5.74, 6) is -0.164. The number of aromatic nitrogens is 4. The van der Waals surface area contributed by atoms with E-state index in [4.69, 9.17) is 0 Å². The maximum atomic E-state index is 13.0. The summed E-state index contributed by atoms with van der Waals surface area (Å²) in [6.45, 7) is 3.61. The Morgan fingerprint density at radius 2 is 1.85 bits per heavy atom. The highest BCUT2D eigenvalue weighted by molar-refractivity contribution is 5.83. The second kappa shape index (κ2) is 6.98. The fraction of sp³-hybridized carbons (Fsp3) is 0.400. The Morgan fingerprint density at radius 3 is 2.56 bits per heavy atom. The Kier molecular flexibility index (Phi) is 4.51. The van der Waals surface area contributed by atoms with Crippen molar-refractivity contribution in [2.24, 2.45) is 0 Å². The molecule has 1 saturated carbocycles. The normalized spacial score (nSPS) is 14.7. The molecule has 3 aromatic rings. The van der Waals surface area contributed by atoms with Crippen molar-refractivity contribution in [3.63, 3.8) is 0 Å². The van der Waals surface area contributed by atoms with Gasteiger partial charge in [-0.05, 0) is 38.8 Å². The minimum Gasteiger partial charge on any atom is -0.352 e. The second-order valence-corrected chi connectivity index (χ2v) is 7.15. The summed E-state index contributed by atoms with van der Waals surface area (Å²) < 4.78 is 3.01. The number of nitrogens with zero attached hydrogens (tertiary/aromatic N) is 4. The molecule has 0 aliphatic heterocycles. The molecule has 1 aliphatic rings. The van der Waals surface area contributed by atoms with Crippen LogP contribution in [-0.2, 0) is 11.3 Å². The van der Waals surface area contributed by atoms with E-state index in [1.54, 1.807) is 4.68 Å². The Bertz CT molecular complexity index is 1050. The summed E-state index contributed by atoms with van der Waals surface area (Å²) in [6.07, 6.45) is 4.31. The third-order valence-electron chi connectivity index (χ3n) is 5.19. The molecule has 1 aromatic carbocycles. The zero-order valence-electron chi connectivity index (χ0n) is 15.6. The predicted molar refractivity (Wildman–Crippen MR) is 103 cm³/mol. The van der Waals surface area contributed by atoms with Crippen LogP contribution in [0.2, 0.25) is 0 Å². The number of hydrogen-bond donors (Lipinski definition) is 1. The van der Waals surface area contributed by atoms with Crippen molar-refractivity contribution < 1.29 is 4.79 Å². The highest BCUT2D eigenvalue weighted by atomic mass is 16.2. The molecule has 0 saturated heterocycles. The van der Waals surface area contributed by atoms with Crippen LogP contribution in [0.4, 0.5) is 0 Å². The lowest BCUT2D eigenvalue weighted by molar-refractivity contribution is -0.122. The first-order valence-corrected chi connectivity index (χ1v) is 9.36. The number of rotatable bonds is 4. The summed E-state index contributed by atoms with van der Waals surface area (Å²) in [4.78, 5) is 25.3. The van der Waals surface area contributed by atoms with E-state index in [2.05, 4.69) is 15.5 Å². The van der Waals surface area contributed by atoms with E-state index >= 15 is 0 Å². The van der Waals surface area contributed by atoms with Crippen molar-refractivity contribution in [2.45, 2.75) is 52.1 Å². The van der Waals surface area contributed by atoms with Crippen LogP contribution in [0.15, 0.2) is 35.1 Å². The number of carbonyl (C=O) groups excluding carboxylic acids is 1. The van der Waals surface area contributed by atoms with Crippen LogP contribution < -0.4 is 10.9 Å². The summed E-state index contributed by atoms with van der Waals surface area (Å²) in [5, 5.41) is 12.4. The standard InChI is InChI=1S/C20H23N5O2/c1-13-19-18(14(2)25(23-19)16-10-4-3-5-11-16)20(27)24(22-13)12-17(26)21-15-8-6-7-9-15/h3-5,10-11,15H,6-9,12H2,1-2H3,(H,21,26). The molecule has 27 heavy (non-hydrogen) atoms. The van der Waals surface area contributed by atoms with Gasteiger partial charge in [-0.1, -0.05) is 31.0 Å². The largest absolute Gasteiger partial charge is 0.352 e. The van der Waals surface area contributed by atoms with Crippen LogP contribution >= 0.6 is 0 Å². The average molecular weight is 365 g/mol. The molecule has 1 aliphatic carbocycles. The van der Waals surface area contributed by atoms with Crippen molar-refractivity contribution in [3.05, 3.63) is 52.1 Å². The van der Waals surface area contributed by atoms with Gasteiger partial charge in [-0.2, -0.15) is 10.2 Å². The van der Waals surface area contributed by atoms with Crippen molar-refractivity contribution >= 4 is 16.8 Å². The van der Waals surface area contributed by atoms with Gasteiger partial charge in [-0.3, -0.25) is 9.59 Å². The molecule has 7 heteroatoms. The van der Waals surface area contributed by atoms with E-state index in [-0.39, 0.29) is 24.1 Å². The van der Waals surface area contributed by atoms with Crippen LogP contribution in [0, 0.1) is 13.8 Å². The molecule has 0 bridgehead atoms. The minimum absolute atomic E-state index is 0.0674.